The summed E-state index contributed by atoms with van der Waals surface area (Å²) in [5.41, 5.74) is 0. The Balaban J connectivity index is 2.24. The molecule has 2 heterocycles. The maximum atomic E-state index is 9.81. The largest absolute Gasteiger partial charge is 0.396 e. The van der Waals surface area contributed by atoms with Crippen LogP contribution in [-0.4, -0.2) is 53.6 Å². The minimum Gasteiger partial charge on any atom is -0.396 e. The van der Waals surface area contributed by atoms with Crippen molar-refractivity contribution in [2.24, 2.45) is 5.92 Å². The normalized spacial score (nSPS) is 48.0. The molecule has 2 rings (SSSR count). The second-order valence-corrected chi connectivity index (χ2v) is 5.08. The van der Waals surface area contributed by atoms with E-state index in [-0.39, 0.29) is 18.6 Å². The van der Waals surface area contributed by atoms with Crippen LogP contribution in [0.2, 0.25) is 0 Å². The molecule has 3 heteroatoms. The molecule has 2 bridgehead atoms. The molecule has 2 fully saturated rings. The Bertz CT molecular complexity index is 205. The topological polar surface area (TPSA) is 40.5 Å². The lowest BCUT2D eigenvalue weighted by Crippen LogP contribution is -2.60. The van der Waals surface area contributed by atoms with Gasteiger partial charge in [0, 0.05) is 19.3 Å². The van der Waals surface area contributed by atoms with Gasteiger partial charge in [0.15, 0.2) is 0 Å². The first kappa shape index (κ1) is 9.44. The molecule has 0 saturated carbocycles. The molecule has 3 nitrogen and oxygen atoms in total. The summed E-state index contributed by atoms with van der Waals surface area (Å²) < 4.78 is 1.00. The molecule has 2 aliphatic rings. The standard InChI is InChI=1S/C10H20NO2/c1-11(2)7-3-4-9(11)8(6-12)10(13)5-7/h7-10,12-13H,3-6H2,1-2H3/q+1. The van der Waals surface area contributed by atoms with Gasteiger partial charge in [0.1, 0.15) is 0 Å². The van der Waals surface area contributed by atoms with Gasteiger partial charge in [0.25, 0.3) is 0 Å². The van der Waals surface area contributed by atoms with Crippen molar-refractivity contribution < 1.29 is 14.7 Å². The molecule has 2 saturated heterocycles. The third-order valence-corrected chi connectivity index (χ3v) is 4.30. The highest BCUT2D eigenvalue weighted by molar-refractivity contribution is 4.91. The minimum absolute atomic E-state index is 0.105. The molecule has 13 heavy (non-hydrogen) atoms. The lowest BCUT2D eigenvalue weighted by atomic mass is 9.87. The molecule has 2 aliphatic heterocycles. The summed E-state index contributed by atoms with van der Waals surface area (Å²) in [5, 5.41) is 19.1. The number of aliphatic hydroxyl groups excluding tert-OH is 2. The molecule has 0 aromatic carbocycles. The molecule has 0 aromatic rings. The van der Waals surface area contributed by atoms with Crippen molar-refractivity contribution in [1.82, 2.24) is 0 Å². The maximum Gasteiger partial charge on any atom is 0.0966 e. The van der Waals surface area contributed by atoms with Crippen LogP contribution in [0, 0.1) is 5.92 Å². The Morgan fingerprint density at radius 3 is 2.62 bits per heavy atom. The van der Waals surface area contributed by atoms with Crippen LogP contribution < -0.4 is 0 Å². The third kappa shape index (κ3) is 1.22. The summed E-state index contributed by atoms with van der Waals surface area (Å²) in [4.78, 5) is 0. The van der Waals surface area contributed by atoms with Gasteiger partial charge in [0.05, 0.1) is 44.8 Å². The first-order chi connectivity index (χ1) is 6.07. The lowest BCUT2D eigenvalue weighted by molar-refractivity contribution is -0.935. The first-order valence-corrected chi connectivity index (χ1v) is 5.19. The van der Waals surface area contributed by atoms with Crippen LogP contribution in [0.4, 0.5) is 0 Å². The van der Waals surface area contributed by atoms with Crippen LogP contribution in [0.3, 0.4) is 0 Å². The van der Waals surface area contributed by atoms with E-state index in [0.717, 1.165) is 10.9 Å². The number of fused-ring (bicyclic) bond motifs is 2. The summed E-state index contributed by atoms with van der Waals surface area (Å²) in [6, 6.07) is 1.08. The SMILES string of the molecule is C[N+]1(C)C2CCC1C(CO)C(O)C2. The molecule has 0 amide bonds. The van der Waals surface area contributed by atoms with E-state index in [4.69, 9.17) is 0 Å². The third-order valence-electron chi connectivity index (χ3n) is 4.30. The molecule has 0 aromatic heterocycles. The zero-order valence-corrected chi connectivity index (χ0v) is 8.48. The summed E-state index contributed by atoms with van der Waals surface area (Å²) in [6.07, 6.45) is 2.98. The average Bonchev–Trinajstić information content (AvgIpc) is 2.29. The van der Waals surface area contributed by atoms with Crippen molar-refractivity contribution in [3.8, 4) is 0 Å². The van der Waals surface area contributed by atoms with Crippen LogP contribution in [0.1, 0.15) is 19.3 Å². The van der Waals surface area contributed by atoms with E-state index in [1.807, 2.05) is 0 Å². The quantitative estimate of drug-likeness (QED) is 0.564. The van der Waals surface area contributed by atoms with Crippen molar-refractivity contribution >= 4 is 0 Å². The number of piperidine rings is 1. The van der Waals surface area contributed by atoms with Gasteiger partial charge >= 0.3 is 0 Å². The number of quaternary nitrogens is 1. The van der Waals surface area contributed by atoms with Crippen molar-refractivity contribution in [3.05, 3.63) is 0 Å². The lowest BCUT2D eigenvalue weighted by Gasteiger charge is -2.46. The van der Waals surface area contributed by atoms with Gasteiger partial charge in [0.2, 0.25) is 0 Å². The van der Waals surface area contributed by atoms with E-state index in [9.17, 15) is 10.2 Å². The predicted octanol–water partition coefficient (Wildman–Crippen LogP) is -0.0331. The number of hydrogen-bond donors (Lipinski definition) is 2. The molecule has 2 N–H and O–H groups in total. The fourth-order valence-electron chi connectivity index (χ4n) is 3.35. The molecule has 76 valence electrons. The zero-order chi connectivity index (χ0) is 9.64. The van der Waals surface area contributed by atoms with Gasteiger partial charge in [-0.2, -0.15) is 0 Å². The molecular formula is C10H20NO2+. The Morgan fingerprint density at radius 1 is 1.31 bits per heavy atom. The number of aliphatic hydroxyl groups is 2. The fraction of sp³-hybridized carbons (Fsp3) is 1.00. The van der Waals surface area contributed by atoms with E-state index < -0.39 is 0 Å². The Labute approximate surface area is 79.6 Å². The summed E-state index contributed by atoms with van der Waals surface area (Å²) in [5.74, 6) is 0.105. The molecule has 0 radical (unpaired) electrons. The van der Waals surface area contributed by atoms with Crippen LogP contribution in [0.5, 0.6) is 0 Å². The molecule has 0 spiro atoms. The number of nitrogens with zero attached hydrogens (tertiary/aromatic N) is 1. The van der Waals surface area contributed by atoms with Gasteiger partial charge in [-0.05, 0) is 0 Å². The second kappa shape index (κ2) is 2.94. The molecular weight excluding hydrogens is 166 g/mol. The monoisotopic (exact) mass is 186 g/mol. The highest BCUT2D eigenvalue weighted by Crippen LogP contribution is 2.42. The fourth-order valence-corrected chi connectivity index (χ4v) is 3.35. The highest BCUT2D eigenvalue weighted by atomic mass is 16.3. The van der Waals surface area contributed by atoms with Crippen LogP contribution in [-0.2, 0) is 0 Å². The second-order valence-electron chi connectivity index (χ2n) is 5.08. The van der Waals surface area contributed by atoms with Gasteiger partial charge in [-0.15, -0.1) is 0 Å². The van der Waals surface area contributed by atoms with Crippen molar-refractivity contribution in [3.63, 3.8) is 0 Å². The van der Waals surface area contributed by atoms with Gasteiger partial charge < -0.3 is 14.7 Å². The van der Waals surface area contributed by atoms with E-state index >= 15 is 0 Å². The summed E-state index contributed by atoms with van der Waals surface area (Å²) >= 11 is 0. The highest BCUT2D eigenvalue weighted by Gasteiger charge is 2.53. The summed E-state index contributed by atoms with van der Waals surface area (Å²) in [6.45, 7) is 0.139. The van der Waals surface area contributed by atoms with Crippen LogP contribution in [0.25, 0.3) is 0 Å². The van der Waals surface area contributed by atoms with Gasteiger partial charge in [-0.3, -0.25) is 0 Å². The van der Waals surface area contributed by atoms with Crippen molar-refractivity contribution in [1.29, 1.82) is 0 Å². The number of rotatable bonds is 1. The van der Waals surface area contributed by atoms with Crippen molar-refractivity contribution in [2.45, 2.75) is 37.5 Å². The molecule has 0 aliphatic carbocycles. The smallest absolute Gasteiger partial charge is 0.0966 e. The van der Waals surface area contributed by atoms with E-state index in [1.165, 1.54) is 12.8 Å². The average molecular weight is 186 g/mol. The van der Waals surface area contributed by atoms with Crippen LogP contribution in [0.15, 0.2) is 0 Å². The maximum absolute atomic E-state index is 9.81. The number of hydrogen-bond acceptors (Lipinski definition) is 2. The first-order valence-electron chi connectivity index (χ1n) is 5.19. The molecule has 4 unspecified atom stereocenters. The van der Waals surface area contributed by atoms with Crippen molar-refractivity contribution in [2.75, 3.05) is 20.7 Å². The van der Waals surface area contributed by atoms with Gasteiger partial charge in [-0.1, -0.05) is 0 Å². The zero-order valence-electron chi connectivity index (χ0n) is 8.48. The van der Waals surface area contributed by atoms with Gasteiger partial charge in [-0.25, -0.2) is 0 Å². The summed E-state index contributed by atoms with van der Waals surface area (Å²) in [7, 11) is 4.47. The van der Waals surface area contributed by atoms with E-state index in [1.54, 1.807) is 0 Å². The van der Waals surface area contributed by atoms with E-state index in [0.29, 0.717) is 12.1 Å². The van der Waals surface area contributed by atoms with Crippen LogP contribution >= 0.6 is 0 Å². The molecule has 4 atom stereocenters. The Kier molecular flexibility index (Phi) is 2.13. The predicted molar refractivity (Wildman–Crippen MR) is 50.1 cm³/mol. The Morgan fingerprint density at radius 2 is 2.00 bits per heavy atom. The Hall–Kier alpha value is -0.120. The van der Waals surface area contributed by atoms with E-state index in [2.05, 4.69) is 14.1 Å². The minimum atomic E-state index is -0.270.